The first-order valence-electron chi connectivity index (χ1n) is 7.13. The third-order valence-corrected chi connectivity index (χ3v) is 3.05. The van der Waals surface area contributed by atoms with Gasteiger partial charge in [-0.05, 0) is 18.6 Å². The minimum atomic E-state index is -0.0562. The molecule has 0 aliphatic carbocycles. The molecule has 0 aliphatic rings. The summed E-state index contributed by atoms with van der Waals surface area (Å²) in [7, 11) is 0. The Hall–Kier alpha value is -2.49. The lowest BCUT2D eigenvalue weighted by Gasteiger charge is -2.07. The number of nitrogens with zero attached hydrogens (tertiary/aromatic N) is 2. The lowest BCUT2D eigenvalue weighted by Crippen LogP contribution is -2.20. The molecule has 1 N–H and O–H groups in total. The van der Waals surface area contributed by atoms with Crippen molar-refractivity contribution in [1.29, 1.82) is 0 Å². The molecule has 0 saturated heterocycles. The molecular formula is C17H19N3O. The van der Waals surface area contributed by atoms with Crippen molar-refractivity contribution in [3.8, 4) is 0 Å². The molecule has 108 valence electrons. The van der Waals surface area contributed by atoms with Crippen LogP contribution in [0.5, 0.6) is 0 Å². The fraction of sp³-hybridized carbons (Fsp3) is 0.235. The summed E-state index contributed by atoms with van der Waals surface area (Å²) in [5.41, 5.74) is 5.26. The quantitative estimate of drug-likeness (QED) is 0.653. The highest BCUT2D eigenvalue weighted by atomic mass is 16.2. The second-order valence-corrected chi connectivity index (χ2v) is 4.70. The maximum Gasteiger partial charge on any atom is 0.240 e. The van der Waals surface area contributed by atoms with Crippen LogP contribution in [-0.4, -0.2) is 16.6 Å². The third-order valence-electron chi connectivity index (χ3n) is 3.05. The zero-order valence-corrected chi connectivity index (χ0v) is 12.1. The molecule has 1 heterocycles. The van der Waals surface area contributed by atoms with Gasteiger partial charge in [0, 0.05) is 29.9 Å². The van der Waals surface area contributed by atoms with Crippen LogP contribution in [0.25, 0.3) is 0 Å². The normalized spacial score (nSPS) is 11.2. The smallest absolute Gasteiger partial charge is 0.240 e. The summed E-state index contributed by atoms with van der Waals surface area (Å²) in [4.78, 5) is 15.8. The average Bonchev–Trinajstić information content (AvgIpc) is 2.55. The lowest BCUT2D eigenvalue weighted by molar-refractivity contribution is -0.121. The Labute approximate surface area is 124 Å². The minimum Gasteiger partial charge on any atom is -0.273 e. The van der Waals surface area contributed by atoms with Gasteiger partial charge in [0.15, 0.2) is 0 Å². The van der Waals surface area contributed by atoms with Gasteiger partial charge in [0.1, 0.15) is 0 Å². The number of carbonyl (C=O) groups is 1. The Kier molecular flexibility index (Phi) is 5.64. The highest BCUT2D eigenvalue weighted by Gasteiger charge is 2.07. The molecule has 0 aliphatic heterocycles. The van der Waals surface area contributed by atoms with Crippen molar-refractivity contribution in [2.75, 3.05) is 0 Å². The van der Waals surface area contributed by atoms with Gasteiger partial charge >= 0.3 is 0 Å². The number of hydrogen-bond acceptors (Lipinski definition) is 3. The highest BCUT2D eigenvalue weighted by Crippen LogP contribution is 2.09. The number of benzene rings is 1. The summed E-state index contributed by atoms with van der Waals surface area (Å²) < 4.78 is 0. The van der Waals surface area contributed by atoms with Crippen LogP contribution >= 0.6 is 0 Å². The highest BCUT2D eigenvalue weighted by molar-refractivity contribution is 6.13. The molecule has 2 rings (SSSR count). The van der Waals surface area contributed by atoms with E-state index < -0.39 is 0 Å². The van der Waals surface area contributed by atoms with Crippen LogP contribution in [0.4, 0.5) is 0 Å². The molecule has 4 nitrogen and oxygen atoms in total. The van der Waals surface area contributed by atoms with Crippen molar-refractivity contribution in [2.45, 2.75) is 26.2 Å². The summed E-state index contributed by atoms with van der Waals surface area (Å²) >= 11 is 0. The second kappa shape index (κ2) is 7.94. The monoisotopic (exact) mass is 281 g/mol. The Morgan fingerprint density at radius 1 is 1.10 bits per heavy atom. The molecular weight excluding hydrogens is 262 g/mol. The Balaban J connectivity index is 2.23. The summed E-state index contributed by atoms with van der Waals surface area (Å²) in [5, 5.41) is 4.31. The van der Waals surface area contributed by atoms with Crippen molar-refractivity contribution >= 4 is 11.6 Å². The molecule has 0 radical (unpaired) electrons. The van der Waals surface area contributed by atoms with E-state index in [1.54, 1.807) is 12.4 Å². The molecule has 1 aromatic heterocycles. The number of unbranched alkanes of at least 4 members (excludes halogenated alkanes) is 1. The summed E-state index contributed by atoms with van der Waals surface area (Å²) in [5.74, 6) is -0.0562. The first-order valence-corrected chi connectivity index (χ1v) is 7.13. The van der Waals surface area contributed by atoms with E-state index in [0.29, 0.717) is 6.42 Å². The molecule has 0 saturated carbocycles. The van der Waals surface area contributed by atoms with Crippen LogP contribution in [-0.2, 0) is 4.79 Å². The van der Waals surface area contributed by atoms with E-state index in [-0.39, 0.29) is 5.91 Å². The fourth-order valence-corrected chi connectivity index (χ4v) is 1.91. The predicted octanol–water partition coefficient (Wildman–Crippen LogP) is 3.14. The van der Waals surface area contributed by atoms with E-state index in [2.05, 4.69) is 22.4 Å². The number of pyridine rings is 1. The van der Waals surface area contributed by atoms with Crippen LogP contribution in [0.2, 0.25) is 0 Å². The van der Waals surface area contributed by atoms with Crippen LogP contribution in [0.15, 0.2) is 60.0 Å². The molecule has 1 amide bonds. The van der Waals surface area contributed by atoms with Gasteiger partial charge in [-0.15, -0.1) is 0 Å². The number of rotatable bonds is 6. The van der Waals surface area contributed by atoms with Crippen molar-refractivity contribution in [1.82, 2.24) is 10.4 Å². The van der Waals surface area contributed by atoms with Crippen LogP contribution < -0.4 is 5.43 Å². The van der Waals surface area contributed by atoms with E-state index in [0.717, 1.165) is 29.7 Å². The van der Waals surface area contributed by atoms with E-state index >= 15 is 0 Å². The Morgan fingerprint density at radius 2 is 1.76 bits per heavy atom. The number of hydrazone groups is 1. The maximum atomic E-state index is 11.7. The van der Waals surface area contributed by atoms with E-state index in [4.69, 9.17) is 0 Å². The van der Waals surface area contributed by atoms with Gasteiger partial charge in [-0.1, -0.05) is 43.7 Å². The van der Waals surface area contributed by atoms with Crippen LogP contribution in [0.1, 0.15) is 37.3 Å². The number of nitrogens with one attached hydrogen (secondary N) is 1. The maximum absolute atomic E-state index is 11.7. The topological polar surface area (TPSA) is 54.4 Å². The molecule has 0 fully saturated rings. The van der Waals surface area contributed by atoms with Crippen molar-refractivity contribution in [3.05, 3.63) is 66.0 Å². The SMILES string of the molecule is CCCCC(=O)N/N=C(\c1ccccc1)c1ccncc1. The molecule has 21 heavy (non-hydrogen) atoms. The number of carbonyl (C=O) groups excluding carboxylic acids is 1. The summed E-state index contributed by atoms with van der Waals surface area (Å²) in [6.45, 7) is 2.06. The first kappa shape index (κ1) is 14.9. The molecule has 0 bridgehead atoms. The van der Waals surface area contributed by atoms with Crippen LogP contribution in [0, 0.1) is 0 Å². The standard InChI is InChI=1S/C17H19N3O/c1-2-3-9-16(21)19-20-17(14-7-5-4-6-8-14)15-10-12-18-13-11-15/h4-8,10-13H,2-3,9H2,1H3,(H,19,21)/b20-17+. The van der Waals surface area contributed by atoms with Crippen molar-refractivity contribution in [2.24, 2.45) is 5.10 Å². The first-order chi connectivity index (χ1) is 10.3. The fourth-order valence-electron chi connectivity index (χ4n) is 1.91. The molecule has 0 unspecified atom stereocenters. The number of amides is 1. The third kappa shape index (κ3) is 4.53. The van der Waals surface area contributed by atoms with E-state index in [1.807, 2.05) is 42.5 Å². The van der Waals surface area contributed by atoms with Gasteiger partial charge in [0.25, 0.3) is 0 Å². The largest absolute Gasteiger partial charge is 0.273 e. The average molecular weight is 281 g/mol. The van der Waals surface area contributed by atoms with Gasteiger partial charge in [0.05, 0.1) is 5.71 Å². The number of aromatic nitrogens is 1. The van der Waals surface area contributed by atoms with E-state index in [1.165, 1.54) is 0 Å². The molecule has 0 spiro atoms. The lowest BCUT2D eigenvalue weighted by atomic mass is 10.0. The van der Waals surface area contributed by atoms with Crippen molar-refractivity contribution in [3.63, 3.8) is 0 Å². The van der Waals surface area contributed by atoms with Crippen molar-refractivity contribution < 1.29 is 4.79 Å². The predicted molar refractivity (Wildman–Crippen MR) is 84.0 cm³/mol. The molecule has 4 heteroatoms. The zero-order valence-electron chi connectivity index (χ0n) is 12.1. The minimum absolute atomic E-state index is 0.0562. The van der Waals surface area contributed by atoms with Gasteiger partial charge in [-0.2, -0.15) is 5.10 Å². The zero-order chi connectivity index (χ0) is 14.9. The number of hydrogen-bond donors (Lipinski definition) is 1. The summed E-state index contributed by atoms with van der Waals surface area (Å²) in [6.07, 6.45) is 5.79. The second-order valence-electron chi connectivity index (χ2n) is 4.70. The van der Waals surface area contributed by atoms with Gasteiger partial charge in [-0.3, -0.25) is 9.78 Å². The van der Waals surface area contributed by atoms with Gasteiger partial charge < -0.3 is 0 Å². The Morgan fingerprint density at radius 3 is 2.43 bits per heavy atom. The van der Waals surface area contributed by atoms with E-state index in [9.17, 15) is 4.79 Å². The van der Waals surface area contributed by atoms with Gasteiger partial charge in [-0.25, -0.2) is 5.43 Å². The molecule has 2 aromatic rings. The Bertz CT molecular complexity index is 552. The molecule has 1 aromatic carbocycles. The molecule has 0 atom stereocenters. The van der Waals surface area contributed by atoms with Crippen LogP contribution in [0.3, 0.4) is 0 Å². The summed E-state index contributed by atoms with van der Waals surface area (Å²) in [6, 6.07) is 13.5. The van der Waals surface area contributed by atoms with Gasteiger partial charge in [0.2, 0.25) is 5.91 Å².